The smallest absolute Gasteiger partial charge is 0.387 e. The first-order valence-corrected chi connectivity index (χ1v) is 5.21. The fraction of sp³-hybridized carbons (Fsp3) is 0.286. The highest BCUT2D eigenvalue weighted by Crippen LogP contribution is 2.24. The second kappa shape index (κ2) is 4.85. The summed E-state index contributed by atoms with van der Waals surface area (Å²) >= 11 is 6.22. The Kier molecular flexibility index (Phi) is 4.05. The zero-order chi connectivity index (χ0) is 9.84. The molecule has 0 aliphatic rings. The minimum absolute atomic E-state index is 0.0414. The first-order chi connectivity index (χ1) is 6.13. The highest BCUT2D eigenvalue weighted by Gasteiger charge is 2.09. The fourth-order valence-electron chi connectivity index (χ4n) is 0.717. The summed E-state index contributed by atoms with van der Waals surface area (Å²) in [6.07, 6.45) is 0. The van der Waals surface area contributed by atoms with Crippen LogP contribution < -0.4 is 4.74 Å². The molecular weight excluding hydrogens is 312 g/mol. The van der Waals surface area contributed by atoms with Crippen LogP contribution in [0.5, 0.6) is 5.75 Å². The highest BCUT2D eigenvalue weighted by molar-refractivity contribution is 9.10. The van der Waals surface area contributed by atoms with Gasteiger partial charge in [0.25, 0.3) is 0 Å². The van der Waals surface area contributed by atoms with E-state index < -0.39 is 6.61 Å². The van der Waals surface area contributed by atoms with Crippen molar-refractivity contribution in [1.29, 1.82) is 0 Å². The van der Waals surface area contributed by atoms with Crippen LogP contribution in [0, 0.1) is 0 Å². The predicted octanol–water partition coefficient (Wildman–Crippen LogP) is 3.34. The number of pyridine rings is 1. The van der Waals surface area contributed by atoms with Crippen molar-refractivity contribution in [3.05, 3.63) is 22.4 Å². The topological polar surface area (TPSA) is 22.1 Å². The number of alkyl halides is 3. The number of hydrogen-bond donors (Lipinski definition) is 0. The second-order valence-electron chi connectivity index (χ2n) is 2.10. The molecule has 1 rings (SSSR count). The predicted molar refractivity (Wildman–Crippen MR) is 51.2 cm³/mol. The van der Waals surface area contributed by atoms with Gasteiger partial charge in [0.2, 0.25) is 0 Å². The molecule has 72 valence electrons. The van der Waals surface area contributed by atoms with Gasteiger partial charge in [0, 0.05) is 5.33 Å². The summed E-state index contributed by atoms with van der Waals surface area (Å²) in [6, 6.07) is 3.05. The molecule has 1 heterocycles. The van der Waals surface area contributed by atoms with Crippen molar-refractivity contribution in [1.82, 2.24) is 4.98 Å². The first-order valence-electron chi connectivity index (χ1n) is 3.29. The van der Waals surface area contributed by atoms with E-state index in [1.54, 1.807) is 6.07 Å². The molecule has 0 saturated carbocycles. The molecule has 13 heavy (non-hydrogen) atoms. The second-order valence-corrected chi connectivity index (χ2v) is 3.42. The summed E-state index contributed by atoms with van der Waals surface area (Å²) < 4.78 is 28.1. The molecule has 0 spiro atoms. The van der Waals surface area contributed by atoms with E-state index in [4.69, 9.17) is 0 Å². The van der Waals surface area contributed by atoms with Crippen LogP contribution in [0.1, 0.15) is 5.69 Å². The monoisotopic (exact) mass is 315 g/mol. The number of halogens is 4. The van der Waals surface area contributed by atoms with Gasteiger partial charge in [-0.25, -0.2) is 4.98 Å². The van der Waals surface area contributed by atoms with E-state index in [1.807, 2.05) is 0 Å². The van der Waals surface area contributed by atoms with Crippen molar-refractivity contribution >= 4 is 31.9 Å². The summed E-state index contributed by atoms with van der Waals surface area (Å²) in [6.45, 7) is -2.83. The quantitative estimate of drug-likeness (QED) is 0.630. The van der Waals surface area contributed by atoms with Gasteiger partial charge in [-0.3, -0.25) is 0 Å². The Morgan fingerprint density at radius 3 is 2.62 bits per heavy atom. The summed E-state index contributed by atoms with van der Waals surface area (Å²) in [7, 11) is 0. The van der Waals surface area contributed by atoms with Gasteiger partial charge >= 0.3 is 6.61 Å². The number of hydrogen-bond acceptors (Lipinski definition) is 2. The maximum absolute atomic E-state index is 11.8. The zero-order valence-electron chi connectivity index (χ0n) is 6.31. The third-order valence-electron chi connectivity index (χ3n) is 1.23. The molecule has 0 bridgehead atoms. The van der Waals surface area contributed by atoms with Gasteiger partial charge in [-0.05, 0) is 28.1 Å². The first kappa shape index (κ1) is 10.8. The third kappa shape index (κ3) is 3.19. The molecule has 0 saturated heterocycles. The number of aromatic nitrogens is 1. The normalized spacial score (nSPS) is 10.5. The molecule has 2 nitrogen and oxygen atoms in total. The van der Waals surface area contributed by atoms with Gasteiger partial charge in [0.1, 0.15) is 4.60 Å². The van der Waals surface area contributed by atoms with Crippen LogP contribution in [0.2, 0.25) is 0 Å². The molecule has 0 aromatic carbocycles. The van der Waals surface area contributed by atoms with Gasteiger partial charge in [-0.2, -0.15) is 8.78 Å². The summed E-state index contributed by atoms with van der Waals surface area (Å²) in [5, 5.41) is 0.570. The van der Waals surface area contributed by atoms with Crippen molar-refractivity contribution in [2.24, 2.45) is 0 Å². The van der Waals surface area contributed by atoms with Crippen molar-refractivity contribution in [2.75, 3.05) is 0 Å². The maximum Gasteiger partial charge on any atom is 0.387 e. The van der Waals surface area contributed by atoms with Gasteiger partial charge in [-0.15, -0.1) is 0 Å². The van der Waals surface area contributed by atoms with Gasteiger partial charge in [-0.1, -0.05) is 15.9 Å². The van der Waals surface area contributed by atoms with Crippen LogP contribution in [-0.2, 0) is 5.33 Å². The van der Waals surface area contributed by atoms with E-state index in [9.17, 15) is 8.78 Å². The SMILES string of the molecule is FC(F)Oc1ccc(CBr)nc1Br. The lowest BCUT2D eigenvalue weighted by molar-refractivity contribution is -0.0506. The molecule has 0 unspecified atom stereocenters. The average Bonchev–Trinajstić information content (AvgIpc) is 2.08. The molecule has 0 fully saturated rings. The van der Waals surface area contributed by atoms with Gasteiger partial charge < -0.3 is 4.74 Å². The minimum atomic E-state index is -2.83. The van der Waals surface area contributed by atoms with Gasteiger partial charge in [0.15, 0.2) is 5.75 Å². The third-order valence-corrected chi connectivity index (χ3v) is 2.37. The van der Waals surface area contributed by atoms with E-state index >= 15 is 0 Å². The molecular formula is C7H5Br2F2NO. The molecule has 1 aromatic heterocycles. The molecule has 0 N–H and O–H groups in total. The molecule has 0 aliphatic heterocycles. The number of nitrogens with zero attached hydrogens (tertiary/aromatic N) is 1. The van der Waals surface area contributed by atoms with Crippen molar-refractivity contribution in [3.63, 3.8) is 0 Å². The highest BCUT2D eigenvalue weighted by atomic mass is 79.9. The summed E-state index contributed by atoms with van der Waals surface area (Å²) in [4.78, 5) is 3.96. The molecule has 6 heteroatoms. The van der Waals surface area contributed by atoms with Crippen LogP contribution in [0.15, 0.2) is 16.7 Å². The Labute approximate surface area is 90.6 Å². The van der Waals surface area contributed by atoms with E-state index in [0.717, 1.165) is 5.69 Å². The van der Waals surface area contributed by atoms with Crippen molar-refractivity contribution in [3.8, 4) is 5.75 Å². The summed E-state index contributed by atoms with van der Waals surface area (Å²) in [5.74, 6) is 0.0414. The molecule has 0 amide bonds. The summed E-state index contributed by atoms with van der Waals surface area (Å²) in [5.41, 5.74) is 0.744. The van der Waals surface area contributed by atoms with Crippen LogP contribution >= 0.6 is 31.9 Å². The van der Waals surface area contributed by atoms with Gasteiger partial charge in [0.05, 0.1) is 5.69 Å². The van der Waals surface area contributed by atoms with E-state index in [2.05, 4.69) is 41.6 Å². The molecule has 1 aromatic rings. The lowest BCUT2D eigenvalue weighted by Gasteiger charge is -2.06. The largest absolute Gasteiger partial charge is 0.432 e. The lowest BCUT2D eigenvalue weighted by atomic mass is 10.4. The molecule has 0 radical (unpaired) electrons. The Bertz CT molecular complexity index is 296. The average molecular weight is 317 g/mol. The lowest BCUT2D eigenvalue weighted by Crippen LogP contribution is -2.03. The van der Waals surface area contributed by atoms with E-state index in [-0.39, 0.29) is 10.4 Å². The zero-order valence-corrected chi connectivity index (χ0v) is 9.48. The Balaban J connectivity index is 2.85. The number of rotatable bonds is 3. The Hall–Kier alpha value is -0.230. The Morgan fingerprint density at radius 1 is 1.46 bits per heavy atom. The minimum Gasteiger partial charge on any atom is -0.432 e. The molecule has 0 atom stereocenters. The number of ether oxygens (including phenoxy) is 1. The van der Waals surface area contributed by atoms with Crippen LogP contribution in [-0.4, -0.2) is 11.6 Å². The van der Waals surface area contributed by atoms with Crippen molar-refractivity contribution in [2.45, 2.75) is 11.9 Å². The van der Waals surface area contributed by atoms with Crippen molar-refractivity contribution < 1.29 is 13.5 Å². The van der Waals surface area contributed by atoms with Crippen LogP contribution in [0.3, 0.4) is 0 Å². The van der Waals surface area contributed by atoms with E-state index in [0.29, 0.717) is 5.33 Å². The maximum atomic E-state index is 11.8. The molecule has 0 aliphatic carbocycles. The Morgan fingerprint density at radius 2 is 2.15 bits per heavy atom. The standard InChI is InChI=1S/C7H5Br2F2NO/c8-3-4-1-2-5(6(9)12-4)13-7(10)11/h1-2,7H,3H2. The van der Waals surface area contributed by atoms with Crippen LogP contribution in [0.4, 0.5) is 8.78 Å². The van der Waals surface area contributed by atoms with E-state index in [1.165, 1.54) is 6.07 Å². The van der Waals surface area contributed by atoms with Crippen LogP contribution in [0.25, 0.3) is 0 Å². The fourth-order valence-corrected chi connectivity index (χ4v) is 1.48.